The minimum atomic E-state index is -0.673. The van der Waals surface area contributed by atoms with Gasteiger partial charge in [-0.3, -0.25) is 9.36 Å². The van der Waals surface area contributed by atoms with E-state index in [0.717, 1.165) is 4.68 Å². The topological polar surface area (TPSA) is 68.9 Å². The number of benzene rings is 2. The molecule has 1 aliphatic rings. The minimum Gasteiger partial charge on any atom is -0.325 e. The number of nitrogens with zero attached hydrogens (tertiary/aromatic N) is 3. The molecule has 2 aromatic carbocycles. The molecular weight excluding hydrogens is 414 g/mol. The summed E-state index contributed by atoms with van der Waals surface area (Å²) in [6.45, 7) is 1.92. The molecule has 0 spiro atoms. The fourth-order valence-corrected chi connectivity index (χ4v) is 3.82. The van der Waals surface area contributed by atoms with Gasteiger partial charge in [0.1, 0.15) is 17.5 Å². The Hall–Kier alpha value is -3.00. The van der Waals surface area contributed by atoms with E-state index in [1.165, 1.54) is 28.8 Å². The van der Waals surface area contributed by atoms with Crippen LogP contribution < -0.4 is 11.0 Å². The van der Waals surface area contributed by atoms with Crippen LogP contribution in [0.3, 0.4) is 0 Å². The van der Waals surface area contributed by atoms with Gasteiger partial charge in [0, 0.05) is 22.8 Å². The standard InChI is InChI=1S/C21H19ClF2N4O2/c1-12-7-8-13(10-18(12)24)25-20(29)14-4-3-9-27-19(14)26-28(21(27)30)11-15-16(22)5-2-6-17(15)23/h2,5-8,10,14H,3-4,9,11H2,1H3,(H,25,29). The normalized spacial score (nSPS) is 15.7. The highest BCUT2D eigenvalue weighted by Gasteiger charge is 2.31. The van der Waals surface area contributed by atoms with E-state index in [9.17, 15) is 18.4 Å². The van der Waals surface area contributed by atoms with Gasteiger partial charge in [0.25, 0.3) is 0 Å². The van der Waals surface area contributed by atoms with Gasteiger partial charge in [-0.05, 0) is 49.6 Å². The molecule has 4 rings (SSSR count). The summed E-state index contributed by atoms with van der Waals surface area (Å²) >= 11 is 6.07. The average molecular weight is 433 g/mol. The number of hydrogen-bond donors (Lipinski definition) is 1. The first-order chi connectivity index (χ1) is 14.3. The number of aryl methyl sites for hydroxylation is 1. The van der Waals surface area contributed by atoms with E-state index in [2.05, 4.69) is 10.4 Å². The van der Waals surface area contributed by atoms with Gasteiger partial charge >= 0.3 is 5.69 Å². The molecule has 6 nitrogen and oxygen atoms in total. The largest absolute Gasteiger partial charge is 0.346 e. The van der Waals surface area contributed by atoms with Crippen LogP contribution in [0.4, 0.5) is 14.5 Å². The maximum absolute atomic E-state index is 14.1. The van der Waals surface area contributed by atoms with Gasteiger partial charge in [0.15, 0.2) is 0 Å². The Morgan fingerprint density at radius 2 is 2.07 bits per heavy atom. The number of carbonyl (C=O) groups excluding carboxylic acids is 1. The van der Waals surface area contributed by atoms with Crippen molar-refractivity contribution in [3.05, 3.63) is 80.5 Å². The third-order valence-electron chi connectivity index (χ3n) is 5.26. The Morgan fingerprint density at radius 1 is 1.27 bits per heavy atom. The molecule has 1 aromatic heterocycles. The van der Waals surface area contributed by atoms with Crippen LogP contribution in [-0.4, -0.2) is 20.3 Å². The van der Waals surface area contributed by atoms with Gasteiger partial charge in [-0.2, -0.15) is 5.10 Å². The van der Waals surface area contributed by atoms with Crippen molar-refractivity contribution in [3.63, 3.8) is 0 Å². The molecule has 9 heteroatoms. The zero-order chi connectivity index (χ0) is 21.4. The van der Waals surface area contributed by atoms with Crippen molar-refractivity contribution in [1.82, 2.24) is 14.3 Å². The lowest BCUT2D eigenvalue weighted by Gasteiger charge is -2.21. The molecule has 1 amide bonds. The van der Waals surface area contributed by atoms with Crippen LogP contribution in [0.1, 0.15) is 35.7 Å². The highest BCUT2D eigenvalue weighted by Crippen LogP contribution is 2.27. The molecule has 0 radical (unpaired) electrons. The summed E-state index contributed by atoms with van der Waals surface area (Å²) in [5.74, 6) is -1.69. The second-order valence-electron chi connectivity index (χ2n) is 7.30. The number of halogens is 3. The Bertz CT molecular complexity index is 1170. The van der Waals surface area contributed by atoms with Crippen LogP contribution in [0.15, 0.2) is 41.2 Å². The molecule has 156 valence electrons. The predicted molar refractivity (Wildman–Crippen MR) is 109 cm³/mol. The van der Waals surface area contributed by atoms with Crippen LogP contribution in [0.25, 0.3) is 0 Å². The summed E-state index contributed by atoms with van der Waals surface area (Å²) in [5, 5.41) is 7.20. The lowest BCUT2D eigenvalue weighted by molar-refractivity contribution is -0.118. The maximum atomic E-state index is 14.1. The second-order valence-corrected chi connectivity index (χ2v) is 7.71. The SMILES string of the molecule is Cc1ccc(NC(=O)C2CCCn3c2nn(Cc2c(F)cccc2Cl)c3=O)cc1F. The minimum absolute atomic E-state index is 0.137. The molecule has 0 saturated heterocycles. The highest BCUT2D eigenvalue weighted by molar-refractivity contribution is 6.31. The first kappa shape index (κ1) is 20.3. The van der Waals surface area contributed by atoms with E-state index in [-0.39, 0.29) is 23.0 Å². The molecule has 3 aromatic rings. The van der Waals surface area contributed by atoms with E-state index < -0.39 is 23.2 Å². The number of rotatable bonds is 4. The summed E-state index contributed by atoms with van der Waals surface area (Å²) in [6.07, 6.45) is 1.11. The quantitative estimate of drug-likeness (QED) is 0.680. The van der Waals surface area contributed by atoms with Gasteiger partial charge in [-0.15, -0.1) is 0 Å². The fraction of sp³-hybridized carbons (Fsp3) is 0.286. The van der Waals surface area contributed by atoms with Gasteiger partial charge < -0.3 is 5.32 Å². The lowest BCUT2D eigenvalue weighted by Crippen LogP contribution is -2.32. The van der Waals surface area contributed by atoms with E-state index in [1.807, 2.05) is 0 Å². The summed E-state index contributed by atoms with van der Waals surface area (Å²) in [6, 6.07) is 8.73. The molecule has 1 atom stereocenters. The number of fused-ring (bicyclic) bond motifs is 1. The van der Waals surface area contributed by atoms with Crippen molar-refractivity contribution in [2.75, 3.05) is 5.32 Å². The fourth-order valence-electron chi connectivity index (χ4n) is 3.59. The first-order valence-corrected chi connectivity index (χ1v) is 9.90. The molecule has 2 heterocycles. The molecule has 0 bridgehead atoms. The van der Waals surface area contributed by atoms with Gasteiger partial charge in [-0.25, -0.2) is 18.3 Å². The van der Waals surface area contributed by atoms with Crippen LogP contribution >= 0.6 is 11.6 Å². The molecule has 0 saturated carbocycles. The highest BCUT2D eigenvalue weighted by atomic mass is 35.5. The van der Waals surface area contributed by atoms with Crippen molar-refractivity contribution >= 4 is 23.2 Å². The second kappa shape index (κ2) is 8.02. The van der Waals surface area contributed by atoms with Crippen LogP contribution in [0.5, 0.6) is 0 Å². The third-order valence-corrected chi connectivity index (χ3v) is 5.62. The summed E-state index contributed by atoms with van der Waals surface area (Å²) in [7, 11) is 0. The molecule has 1 unspecified atom stereocenters. The predicted octanol–water partition coefficient (Wildman–Crippen LogP) is 3.85. The number of hydrogen-bond acceptors (Lipinski definition) is 3. The Labute approximate surface area is 176 Å². The molecule has 0 aliphatic carbocycles. The Kier molecular flexibility index (Phi) is 5.42. The van der Waals surface area contributed by atoms with Crippen LogP contribution in [0.2, 0.25) is 5.02 Å². The number of nitrogens with one attached hydrogen (secondary N) is 1. The zero-order valence-electron chi connectivity index (χ0n) is 16.2. The Balaban J connectivity index is 1.62. The van der Waals surface area contributed by atoms with E-state index in [4.69, 9.17) is 11.6 Å². The zero-order valence-corrected chi connectivity index (χ0v) is 16.9. The maximum Gasteiger partial charge on any atom is 0.346 e. The molecular formula is C21H19ClF2N4O2. The number of anilines is 1. The van der Waals surface area contributed by atoms with Gasteiger partial charge in [0.2, 0.25) is 5.91 Å². The Morgan fingerprint density at radius 3 is 2.80 bits per heavy atom. The average Bonchev–Trinajstić information content (AvgIpc) is 3.03. The van der Waals surface area contributed by atoms with Gasteiger partial charge in [-0.1, -0.05) is 23.7 Å². The number of amides is 1. The van der Waals surface area contributed by atoms with Crippen LogP contribution in [0, 0.1) is 18.6 Å². The van der Waals surface area contributed by atoms with Crippen molar-refractivity contribution in [3.8, 4) is 0 Å². The van der Waals surface area contributed by atoms with Crippen molar-refractivity contribution < 1.29 is 13.6 Å². The first-order valence-electron chi connectivity index (χ1n) is 9.52. The number of aromatic nitrogens is 3. The molecule has 1 aliphatic heterocycles. The van der Waals surface area contributed by atoms with E-state index >= 15 is 0 Å². The monoisotopic (exact) mass is 432 g/mol. The third kappa shape index (κ3) is 3.75. The molecule has 30 heavy (non-hydrogen) atoms. The van der Waals surface area contributed by atoms with Crippen LogP contribution in [-0.2, 0) is 17.9 Å². The van der Waals surface area contributed by atoms with Crippen molar-refractivity contribution in [2.24, 2.45) is 0 Å². The molecule has 0 fully saturated rings. The summed E-state index contributed by atoms with van der Waals surface area (Å²) in [5.41, 5.74) is 0.543. The van der Waals surface area contributed by atoms with E-state index in [1.54, 1.807) is 19.1 Å². The summed E-state index contributed by atoms with van der Waals surface area (Å²) in [4.78, 5) is 25.6. The molecule has 1 N–H and O–H groups in total. The van der Waals surface area contributed by atoms with Gasteiger partial charge in [0.05, 0.1) is 12.5 Å². The number of carbonyl (C=O) groups is 1. The summed E-state index contributed by atoms with van der Waals surface area (Å²) < 4.78 is 30.5. The van der Waals surface area contributed by atoms with Crippen molar-refractivity contribution in [2.45, 2.75) is 38.8 Å². The lowest BCUT2D eigenvalue weighted by atomic mass is 9.98. The smallest absolute Gasteiger partial charge is 0.325 e. The van der Waals surface area contributed by atoms with Crippen molar-refractivity contribution in [1.29, 1.82) is 0 Å². The van der Waals surface area contributed by atoms with E-state index in [0.29, 0.717) is 36.5 Å².